The highest BCUT2D eigenvalue weighted by Gasteiger charge is 2.52. The highest BCUT2D eigenvalue weighted by atomic mass is 35.5. The Morgan fingerprint density at radius 3 is 2.12 bits per heavy atom. The van der Waals surface area contributed by atoms with E-state index in [9.17, 15) is 0 Å². The van der Waals surface area contributed by atoms with Gasteiger partial charge in [0.2, 0.25) is 0 Å². The first-order valence-electron chi connectivity index (χ1n) is 6.05. The predicted octanol–water partition coefficient (Wildman–Crippen LogP) is 2.39. The van der Waals surface area contributed by atoms with Crippen LogP contribution in [0.1, 0.15) is 34.1 Å². The van der Waals surface area contributed by atoms with E-state index < -0.39 is 0 Å². The average Bonchev–Trinajstić information content (AvgIpc) is 2.52. The molecule has 0 atom stereocenters. The smallest absolute Gasteiger partial charge is 0.400 e. The van der Waals surface area contributed by atoms with Gasteiger partial charge in [-0.1, -0.05) is 6.08 Å². The molecule has 1 saturated heterocycles. The summed E-state index contributed by atoms with van der Waals surface area (Å²) in [4.78, 5) is 0. The molecule has 1 fully saturated rings. The van der Waals surface area contributed by atoms with Gasteiger partial charge in [-0.05, 0) is 46.1 Å². The Morgan fingerprint density at radius 1 is 1.18 bits per heavy atom. The SMILES string of the molecule is CC1(C)OB(C2=CCNCC2)OC1(C)C.CCl. The molecule has 5 heteroatoms. The monoisotopic (exact) mass is 259 g/mol. The van der Waals surface area contributed by atoms with Crippen molar-refractivity contribution in [3.63, 3.8) is 0 Å². The Morgan fingerprint density at radius 2 is 1.71 bits per heavy atom. The molecular formula is C12H23BClNO2. The van der Waals surface area contributed by atoms with E-state index in [2.05, 4.69) is 50.7 Å². The van der Waals surface area contributed by atoms with Crippen molar-refractivity contribution in [2.24, 2.45) is 0 Å². The predicted molar refractivity (Wildman–Crippen MR) is 73.4 cm³/mol. The lowest BCUT2D eigenvalue weighted by Crippen LogP contribution is -2.41. The summed E-state index contributed by atoms with van der Waals surface area (Å²) in [5, 5.41) is 3.29. The van der Waals surface area contributed by atoms with E-state index >= 15 is 0 Å². The summed E-state index contributed by atoms with van der Waals surface area (Å²) in [6, 6.07) is 0. The van der Waals surface area contributed by atoms with E-state index in [-0.39, 0.29) is 18.3 Å². The van der Waals surface area contributed by atoms with Gasteiger partial charge in [0.15, 0.2) is 0 Å². The van der Waals surface area contributed by atoms with E-state index in [0.717, 1.165) is 19.5 Å². The lowest BCUT2D eigenvalue weighted by Gasteiger charge is -2.32. The van der Waals surface area contributed by atoms with Crippen LogP contribution in [-0.4, -0.2) is 37.8 Å². The molecule has 0 spiro atoms. The first-order chi connectivity index (χ1) is 7.92. The van der Waals surface area contributed by atoms with Crippen molar-refractivity contribution in [2.45, 2.75) is 45.3 Å². The number of nitrogens with one attached hydrogen (secondary N) is 1. The van der Waals surface area contributed by atoms with Gasteiger partial charge in [0.25, 0.3) is 0 Å². The molecule has 0 bridgehead atoms. The third-order valence-electron chi connectivity index (χ3n) is 3.66. The normalized spacial score (nSPS) is 26.0. The number of hydrogen-bond donors (Lipinski definition) is 1. The molecule has 17 heavy (non-hydrogen) atoms. The van der Waals surface area contributed by atoms with E-state index in [4.69, 9.17) is 9.31 Å². The number of rotatable bonds is 1. The molecule has 0 aromatic rings. The molecule has 98 valence electrons. The van der Waals surface area contributed by atoms with E-state index in [1.54, 1.807) is 0 Å². The van der Waals surface area contributed by atoms with Gasteiger partial charge in [-0.15, -0.1) is 11.6 Å². The zero-order chi connectivity index (χ0) is 13.1. The molecule has 2 aliphatic rings. The zero-order valence-electron chi connectivity index (χ0n) is 11.5. The molecule has 0 amide bonds. The molecule has 0 aromatic carbocycles. The molecule has 0 aromatic heterocycles. The van der Waals surface area contributed by atoms with Gasteiger partial charge in [-0.2, -0.15) is 0 Å². The fourth-order valence-corrected chi connectivity index (χ4v) is 1.85. The van der Waals surface area contributed by atoms with Crippen molar-refractivity contribution in [3.8, 4) is 0 Å². The fourth-order valence-electron chi connectivity index (χ4n) is 1.85. The van der Waals surface area contributed by atoms with Crippen molar-refractivity contribution in [1.29, 1.82) is 0 Å². The van der Waals surface area contributed by atoms with Crippen LogP contribution in [0.25, 0.3) is 0 Å². The van der Waals surface area contributed by atoms with Gasteiger partial charge < -0.3 is 14.6 Å². The van der Waals surface area contributed by atoms with Gasteiger partial charge in [0, 0.05) is 12.9 Å². The second-order valence-electron chi connectivity index (χ2n) is 5.32. The zero-order valence-corrected chi connectivity index (χ0v) is 12.2. The standard InChI is InChI=1S/C11H20BNO2.CH3Cl/c1-10(2)11(3,4)15-12(14-10)9-5-7-13-8-6-9;1-2/h5,13H,6-8H2,1-4H3;1H3. The Labute approximate surface area is 110 Å². The van der Waals surface area contributed by atoms with E-state index in [1.165, 1.54) is 11.9 Å². The fraction of sp³-hybridized carbons (Fsp3) is 0.833. The molecule has 0 unspecified atom stereocenters. The van der Waals surface area contributed by atoms with Gasteiger partial charge in [-0.3, -0.25) is 0 Å². The Kier molecular flexibility index (Phi) is 5.08. The molecule has 0 saturated carbocycles. The first kappa shape index (κ1) is 15.0. The second kappa shape index (κ2) is 5.74. The molecular weight excluding hydrogens is 236 g/mol. The summed E-state index contributed by atoms with van der Waals surface area (Å²) in [6.07, 6.45) is 4.68. The van der Waals surface area contributed by atoms with Crippen LogP contribution in [0.4, 0.5) is 0 Å². The topological polar surface area (TPSA) is 30.5 Å². The summed E-state index contributed by atoms with van der Waals surface area (Å²) in [5.41, 5.74) is 0.847. The van der Waals surface area contributed by atoms with Crippen LogP contribution in [-0.2, 0) is 9.31 Å². The summed E-state index contributed by atoms with van der Waals surface area (Å²) < 4.78 is 12.0. The Balaban J connectivity index is 0.000000686. The van der Waals surface area contributed by atoms with Crippen molar-refractivity contribution in [1.82, 2.24) is 5.32 Å². The maximum Gasteiger partial charge on any atom is 0.490 e. The summed E-state index contributed by atoms with van der Waals surface area (Å²) in [6.45, 7) is 10.3. The highest BCUT2D eigenvalue weighted by molar-refractivity contribution is 6.54. The molecule has 2 aliphatic heterocycles. The third-order valence-corrected chi connectivity index (χ3v) is 3.66. The van der Waals surface area contributed by atoms with Crippen molar-refractivity contribution >= 4 is 18.7 Å². The first-order valence-corrected chi connectivity index (χ1v) is 6.81. The van der Waals surface area contributed by atoms with Gasteiger partial charge in [-0.25, -0.2) is 0 Å². The number of halogens is 1. The number of alkyl halides is 1. The quantitative estimate of drug-likeness (QED) is 0.579. The van der Waals surface area contributed by atoms with Crippen LogP contribution in [0.5, 0.6) is 0 Å². The summed E-state index contributed by atoms with van der Waals surface area (Å²) in [7, 11) is -0.142. The van der Waals surface area contributed by atoms with Crippen LogP contribution in [0.3, 0.4) is 0 Å². The van der Waals surface area contributed by atoms with Crippen LogP contribution in [0.2, 0.25) is 0 Å². The number of hydrogen-bond acceptors (Lipinski definition) is 3. The summed E-state index contributed by atoms with van der Waals surface area (Å²) in [5.74, 6) is 0. The van der Waals surface area contributed by atoms with Gasteiger partial charge in [0.1, 0.15) is 0 Å². The minimum atomic E-state index is -0.219. The lowest BCUT2D eigenvalue weighted by molar-refractivity contribution is 0.00578. The lowest BCUT2D eigenvalue weighted by atomic mass is 9.75. The Bertz CT molecular complexity index is 276. The second-order valence-corrected chi connectivity index (χ2v) is 5.32. The highest BCUT2D eigenvalue weighted by Crippen LogP contribution is 2.39. The Hall–Kier alpha value is -0.0251. The van der Waals surface area contributed by atoms with Crippen LogP contribution >= 0.6 is 11.6 Å². The summed E-state index contributed by atoms with van der Waals surface area (Å²) >= 11 is 4.64. The molecule has 3 nitrogen and oxygen atoms in total. The molecule has 0 aliphatic carbocycles. The molecule has 2 rings (SSSR count). The van der Waals surface area contributed by atoms with Gasteiger partial charge >= 0.3 is 7.12 Å². The molecule has 2 heterocycles. The maximum atomic E-state index is 5.99. The third kappa shape index (κ3) is 3.25. The largest absolute Gasteiger partial charge is 0.490 e. The molecule has 0 radical (unpaired) electrons. The minimum absolute atomic E-state index is 0.142. The van der Waals surface area contributed by atoms with Crippen LogP contribution < -0.4 is 5.32 Å². The maximum absolute atomic E-state index is 5.99. The van der Waals surface area contributed by atoms with Crippen LogP contribution in [0, 0.1) is 0 Å². The van der Waals surface area contributed by atoms with Crippen molar-refractivity contribution in [3.05, 3.63) is 11.5 Å². The van der Waals surface area contributed by atoms with Gasteiger partial charge in [0.05, 0.1) is 11.2 Å². The van der Waals surface area contributed by atoms with Crippen molar-refractivity contribution in [2.75, 3.05) is 19.5 Å². The van der Waals surface area contributed by atoms with E-state index in [0.29, 0.717) is 0 Å². The van der Waals surface area contributed by atoms with Crippen LogP contribution in [0.15, 0.2) is 11.5 Å². The van der Waals surface area contributed by atoms with E-state index in [1.807, 2.05) is 0 Å². The van der Waals surface area contributed by atoms with Crippen molar-refractivity contribution < 1.29 is 9.31 Å². The minimum Gasteiger partial charge on any atom is -0.400 e. The molecule has 1 N–H and O–H groups in total. The average molecular weight is 260 g/mol.